The number of carbonyl (C=O) groups excluding carboxylic acids is 5. The zero-order chi connectivity index (χ0) is 103. The Morgan fingerprint density at radius 3 is 1.25 bits per heavy atom. The smallest absolute Gasteiger partial charge is 0.339 e. The maximum Gasteiger partial charge on any atom is 0.339 e. The molecular weight excluding hydrogens is 1900 g/mol. The third-order valence-electron chi connectivity index (χ3n) is 25.1. The van der Waals surface area contributed by atoms with Crippen molar-refractivity contribution in [2.24, 2.45) is 0 Å². The normalized spacial score (nSPS) is 13.5. The minimum atomic E-state index is -0.630. The summed E-state index contributed by atoms with van der Waals surface area (Å²) in [6.45, 7) is 17.2. The highest BCUT2D eigenvalue weighted by Crippen LogP contribution is 2.43. The Balaban J connectivity index is 0.000000117. The van der Waals surface area contributed by atoms with Crippen LogP contribution < -0.4 is 42.5 Å². The third-order valence-corrected chi connectivity index (χ3v) is 25.3. The first kappa shape index (κ1) is 95.6. The minimum absolute atomic E-state index is 0.116. The molecule has 150 heavy (non-hydrogen) atoms. The first-order valence-corrected chi connectivity index (χ1v) is 48.2. The van der Waals surface area contributed by atoms with E-state index in [9.17, 15) is 24.0 Å². The SMILES string of the molecule is CCc1nc(/C=C2\C(=O)Nc3cc(Nc4cccc(-c5n[nH]c(-c6ccccc6)n5)c4)ccc32)c(C)[nH]1.Cc1cnc(/C=C2\C(=O)Nc3cc(Nc4cccc(-c5n[nH]c(-c6ccccc6)n5)c4)ccc32)[nH]1.O=C1Nc2cc(Nc3cccc(-c4nc(-c5cccc(Cl)c5)n[nH]4)c3)ccc2/C1=C/c1ccc[nH]1.[C-]#[N+]C(C)(C)c1cccc(-c2nnc(-c3cccc(Nc4ccc5c(c4)NC(=O)/C5=C\c4cc(C(=O)OC)c[nH]4)c3)[nH]2)c1. The predicted octanol–water partition coefficient (Wildman–Crippen LogP) is 24.4. The lowest BCUT2D eigenvalue weighted by atomic mass is 9.94. The number of carbonyl (C=O) groups is 5. The summed E-state index contributed by atoms with van der Waals surface area (Å²) in [5.74, 6) is 5.66. The Morgan fingerprint density at radius 1 is 0.407 bits per heavy atom. The van der Waals surface area contributed by atoms with Crippen molar-refractivity contribution < 1.29 is 28.7 Å². The lowest BCUT2D eigenvalue weighted by Gasteiger charge is -2.12. The van der Waals surface area contributed by atoms with Crippen molar-refractivity contribution in [2.75, 3.05) is 49.6 Å². The highest BCUT2D eigenvalue weighted by atomic mass is 35.5. The molecule has 20 aromatic rings. The van der Waals surface area contributed by atoms with Crippen LogP contribution in [0.2, 0.25) is 5.02 Å². The molecule has 33 nitrogen and oxygen atoms in total. The van der Waals surface area contributed by atoms with Gasteiger partial charge in [0.2, 0.25) is 0 Å². The Morgan fingerprint density at radius 2 is 0.813 bits per heavy atom. The van der Waals surface area contributed by atoms with Crippen LogP contribution >= 0.6 is 11.6 Å². The van der Waals surface area contributed by atoms with Gasteiger partial charge in [-0.05, 0) is 172 Å². The molecule has 0 unspecified atom stereocenters. The van der Waals surface area contributed by atoms with Gasteiger partial charge in [0.25, 0.3) is 29.2 Å². The number of aromatic amines is 8. The van der Waals surface area contributed by atoms with E-state index in [4.69, 9.17) is 22.9 Å². The Bertz CT molecular complexity index is 8790. The molecule has 0 spiro atoms. The van der Waals surface area contributed by atoms with Crippen molar-refractivity contribution >= 4 is 156 Å². The largest absolute Gasteiger partial charge is 0.465 e. The molecule has 734 valence electrons. The number of aromatic nitrogens is 18. The van der Waals surface area contributed by atoms with E-state index in [0.29, 0.717) is 85.0 Å². The average molecular weight is 2000 g/mol. The monoisotopic (exact) mass is 1990 g/mol. The number of benzene rings is 12. The van der Waals surface area contributed by atoms with E-state index < -0.39 is 11.5 Å². The first-order valence-electron chi connectivity index (χ1n) is 47.8. The fourth-order valence-corrected chi connectivity index (χ4v) is 17.6. The number of hydrogen-bond donors (Lipinski definition) is 16. The van der Waals surface area contributed by atoms with E-state index in [0.717, 1.165) is 182 Å². The Labute approximate surface area is 863 Å². The number of ether oxygens (including phenoxy) is 1. The molecule has 0 fully saturated rings. The summed E-state index contributed by atoms with van der Waals surface area (Å²) in [5, 5.41) is 56.9. The highest BCUT2D eigenvalue weighted by molar-refractivity contribution is 6.37. The van der Waals surface area contributed by atoms with Crippen molar-refractivity contribution in [1.82, 2.24) is 90.6 Å². The number of aryl methyl sites for hydroxylation is 3. The van der Waals surface area contributed by atoms with Crippen LogP contribution in [0.4, 0.5) is 68.2 Å². The van der Waals surface area contributed by atoms with Crippen molar-refractivity contribution in [3.05, 3.63) is 406 Å². The maximum absolute atomic E-state index is 12.8. The van der Waals surface area contributed by atoms with Crippen LogP contribution in [0.1, 0.15) is 99.1 Å². The molecule has 4 amide bonds. The highest BCUT2D eigenvalue weighted by Gasteiger charge is 2.32. The number of hydrogen-bond acceptors (Lipinski definition) is 20. The molecule has 12 aromatic carbocycles. The summed E-state index contributed by atoms with van der Waals surface area (Å²) in [4.78, 5) is 105. The summed E-state index contributed by atoms with van der Waals surface area (Å²) >= 11 is 6.10. The molecule has 0 atom stereocenters. The molecule has 0 saturated heterocycles. The van der Waals surface area contributed by atoms with Crippen LogP contribution in [0.5, 0.6) is 0 Å². The van der Waals surface area contributed by atoms with Crippen molar-refractivity contribution in [2.45, 2.75) is 46.6 Å². The summed E-state index contributed by atoms with van der Waals surface area (Å²) in [7, 11) is 1.32. The minimum Gasteiger partial charge on any atom is -0.465 e. The van der Waals surface area contributed by atoms with Gasteiger partial charge >= 0.3 is 5.97 Å². The van der Waals surface area contributed by atoms with Gasteiger partial charge in [-0.3, -0.25) is 34.5 Å². The molecular formula is C116H92ClN27O6. The summed E-state index contributed by atoms with van der Waals surface area (Å²) in [6.07, 6.45) is 13.1. The molecule has 34 heteroatoms. The average Bonchev–Trinajstić information content (AvgIpc) is 1.65. The fourth-order valence-electron chi connectivity index (χ4n) is 17.4. The lowest BCUT2D eigenvalue weighted by molar-refractivity contribution is -0.111. The zero-order valence-electron chi connectivity index (χ0n) is 81.3. The first-order chi connectivity index (χ1) is 73.0. The second kappa shape index (κ2) is 41.8. The topological polar surface area (TPSA) is 450 Å². The van der Waals surface area contributed by atoms with Gasteiger partial charge in [0.15, 0.2) is 46.6 Å². The number of rotatable bonds is 23. The summed E-state index contributed by atoms with van der Waals surface area (Å²) in [6, 6.07) is 95.1. The van der Waals surface area contributed by atoms with E-state index >= 15 is 0 Å². The molecule has 0 saturated carbocycles. The van der Waals surface area contributed by atoms with Crippen molar-refractivity contribution in [1.29, 1.82) is 0 Å². The number of methoxy groups -OCH3 is 1. The summed E-state index contributed by atoms with van der Waals surface area (Å²) in [5.41, 5.74) is 27.5. The van der Waals surface area contributed by atoms with Crippen molar-refractivity contribution in [3.63, 3.8) is 0 Å². The zero-order valence-corrected chi connectivity index (χ0v) is 82.0. The van der Waals surface area contributed by atoms with Crippen LogP contribution in [0.3, 0.4) is 0 Å². The van der Waals surface area contributed by atoms with Gasteiger partial charge < -0.3 is 77.0 Å². The number of fused-ring (bicyclic) bond motifs is 4. The van der Waals surface area contributed by atoms with E-state index in [1.54, 1.807) is 30.6 Å². The second-order valence-electron chi connectivity index (χ2n) is 35.9. The molecule has 0 radical (unpaired) electrons. The number of esters is 1. The van der Waals surface area contributed by atoms with Crippen LogP contribution in [-0.4, -0.2) is 127 Å². The fraction of sp³-hybridized carbons (Fsp3) is 0.0690. The van der Waals surface area contributed by atoms with E-state index in [-0.39, 0.29) is 23.6 Å². The number of anilines is 12. The van der Waals surface area contributed by atoms with Crippen LogP contribution in [0, 0.1) is 20.4 Å². The lowest BCUT2D eigenvalue weighted by Crippen LogP contribution is -2.10. The molecule has 16 N–H and O–H groups in total. The molecule has 24 rings (SSSR count). The van der Waals surface area contributed by atoms with Gasteiger partial charge in [-0.25, -0.2) is 36.3 Å². The molecule has 4 aliphatic rings. The molecule has 12 heterocycles. The Hall–Kier alpha value is -20.5. The van der Waals surface area contributed by atoms with Crippen LogP contribution in [0.15, 0.2) is 316 Å². The molecule has 0 bridgehead atoms. The molecule has 0 aliphatic carbocycles. The number of H-pyrrole nitrogens is 8. The maximum atomic E-state index is 12.8. The van der Waals surface area contributed by atoms with Gasteiger partial charge in [0, 0.05) is 184 Å². The predicted molar refractivity (Wildman–Crippen MR) is 588 cm³/mol. The number of imidazole rings is 2. The number of halogens is 1. The van der Waals surface area contributed by atoms with E-state index in [1.165, 1.54) is 7.11 Å². The van der Waals surface area contributed by atoms with E-state index in [1.807, 2.05) is 344 Å². The van der Waals surface area contributed by atoms with Gasteiger partial charge in [-0.15, -0.1) is 10.2 Å². The molecule has 8 aromatic heterocycles. The quantitative estimate of drug-likeness (QED) is 0.0161. The number of nitrogens with zero attached hydrogens (tertiary/aromatic N) is 11. The van der Waals surface area contributed by atoms with Gasteiger partial charge in [0.1, 0.15) is 11.6 Å². The number of amides is 4. The molecule has 4 aliphatic heterocycles. The second-order valence-corrected chi connectivity index (χ2v) is 36.3. The standard InChI is InChI=1S/C33H27N7O3.C29H25N7O.C27H19ClN6O.C27H21N7O/c1-33(2,34-3)22-9-5-7-19(13-22)29-38-30(40-39-29)20-8-6-10-23(14-20)36-24-11-12-26-27(31(41)37-28(26)17-24)16-25-15-21(18-35-25)32(42)43-4;1-3-26-30-17(2)24(32-26)16-23-22-13-12-21(15-25(22)33-29(23)37)31-20-11-7-10-19(14-20)28-34-27(35-36-28)18-8-5-4-6-9-18;28-18-6-1-4-16(12-18)25-32-26(34-33-25)17-5-2-7-20(13-17)30-21-9-10-22-23(14-19-8-3-11-29-19)27(35)31-24(22)15-21;1-16-15-28-24(29-16)14-22-21-11-10-20(13-23(21)31-27(22)35)30-19-9-5-8-18(12-19)26-32-25(33-34-26)17-6-3-2-4-7-17/h5-18,35-36H,1-2,4H3,(H,37,41)(H,38,39,40);4-16,31H,3H2,1-2H3,(H,30,32)(H,33,37)(H,34,35,36);1-15,29-30H,(H,31,35)(H,32,33,34);2-15,30H,1H3,(H,28,29)(H,31,35)(H,32,33,34)/b27-16-;23-16-;23-14-;22-14-. The van der Waals surface area contributed by atoms with Crippen molar-refractivity contribution in [3.8, 4) is 91.1 Å². The Kier molecular flexibility index (Phi) is 26.7. The van der Waals surface area contributed by atoms with Gasteiger partial charge in [-0.1, -0.05) is 182 Å². The van der Waals surface area contributed by atoms with Crippen LogP contribution in [-0.2, 0) is 35.9 Å². The van der Waals surface area contributed by atoms with E-state index in [2.05, 4.69) is 138 Å². The third kappa shape index (κ3) is 21.3. The van der Waals surface area contributed by atoms with Gasteiger partial charge in [0.05, 0.1) is 63.4 Å². The van der Waals surface area contributed by atoms with Gasteiger partial charge in [-0.2, -0.15) is 15.3 Å². The van der Waals surface area contributed by atoms with Crippen LogP contribution in [0.25, 0.3) is 143 Å². The number of nitrogens with one attached hydrogen (secondary N) is 16. The summed E-state index contributed by atoms with van der Waals surface area (Å²) < 4.78 is 4.75.